The normalized spacial score (nSPS) is 21.6. The van der Waals surface area contributed by atoms with Crippen molar-refractivity contribution in [3.63, 3.8) is 0 Å². The molecule has 1 saturated heterocycles. The molecule has 116 valence electrons. The zero-order valence-corrected chi connectivity index (χ0v) is 12.8. The molecule has 2 aliphatic rings. The number of hydrogen-bond donors (Lipinski definition) is 1. The maximum absolute atomic E-state index is 12.0. The molecule has 2 amide bonds. The van der Waals surface area contributed by atoms with E-state index in [1.807, 2.05) is 35.2 Å². The summed E-state index contributed by atoms with van der Waals surface area (Å²) >= 11 is 1.37. The summed E-state index contributed by atoms with van der Waals surface area (Å²) in [6, 6.07) is 9.22. The van der Waals surface area contributed by atoms with Crippen molar-refractivity contribution < 1.29 is 14.3 Å². The topological polar surface area (TPSA) is 71.0 Å². The minimum absolute atomic E-state index is 0.135. The highest BCUT2D eigenvalue weighted by molar-refractivity contribution is 8.15. The summed E-state index contributed by atoms with van der Waals surface area (Å²) in [5.41, 5.74) is 0.734. The van der Waals surface area contributed by atoms with E-state index < -0.39 is 5.25 Å². The number of amides is 2. The Bertz CT molecular complexity index is 585. The number of anilines is 1. The fourth-order valence-corrected chi connectivity index (χ4v) is 3.42. The lowest BCUT2D eigenvalue weighted by molar-refractivity contribution is -0.121. The fraction of sp³-hybridized carbons (Fsp3) is 0.400. The maximum atomic E-state index is 12.0. The van der Waals surface area contributed by atoms with Gasteiger partial charge in [-0.1, -0.05) is 30.0 Å². The zero-order chi connectivity index (χ0) is 15.4. The van der Waals surface area contributed by atoms with Crippen molar-refractivity contribution in [2.75, 3.05) is 31.6 Å². The van der Waals surface area contributed by atoms with Crippen molar-refractivity contribution in [2.45, 2.75) is 11.7 Å². The summed E-state index contributed by atoms with van der Waals surface area (Å²) in [7, 11) is 0. The number of aliphatic imine (C=N–C) groups is 1. The quantitative estimate of drug-likeness (QED) is 0.910. The first-order chi connectivity index (χ1) is 10.7. The fourth-order valence-electron chi connectivity index (χ4n) is 2.30. The highest BCUT2D eigenvalue weighted by Gasteiger charge is 2.33. The van der Waals surface area contributed by atoms with Gasteiger partial charge in [-0.2, -0.15) is 4.99 Å². The third-order valence-corrected chi connectivity index (χ3v) is 4.65. The summed E-state index contributed by atoms with van der Waals surface area (Å²) in [5, 5.41) is 3.08. The predicted octanol–water partition coefficient (Wildman–Crippen LogP) is 1.35. The molecule has 1 aromatic carbocycles. The van der Waals surface area contributed by atoms with Crippen molar-refractivity contribution in [3.05, 3.63) is 30.3 Å². The zero-order valence-electron chi connectivity index (χ0n) is 12.0. The Labute approximate surface area is 132 Å². The molecule has 0 aliphatic carbocycles. The van der Waals surface area contributed by atoms with Gasteiger partial charge in [0.1, 0.15) is 5.25 Å². The molecule has 1 unspecified atom stereocenters. The number of ether oxygens (including phenoxy) is 1. The molecule has 2 heterocycles. The van der Waals surface area contributed by atoms with Crippen molar-refractivity contribution >= 4 is 34.4 Å². The van der Waals surface area contributed by atoms with Crippen LogP contribution in [0.4, 0.5) is 5.69 Å². The minimum atomic E-state index is -0.429. The van der Waals surface area contributed by atoms with Crippen LogP contribution in [0.25, 0.3) is 0 Å². The van der Waals surface area contributed by atoms with Gasteiger partial charge in [-0.05, 0) is 12.1 Å². The first-order valence-electron chi connectivity index (χ1n) is 7.19. The van der Waals surface area contributed by atoms with E-state index in [1.165, 1.54) is 11.8 Å². The number of nitrogens with one attached hydrogen (secondary N) is 1. The summed E-state index contributed by atoms with van der Waals surface area (Å²) in [5.74, 6) is -0.398. The van der Waals surface area contributed by atoms with E-state index in [9.17, 15) is 9.59 Å². The van der Waals surface area contributed by atoms with Crippen LogP contribution in [0.15, 0.2) is 35.3 Å². The van der Waals surface area contributed by atoms with E-state index >= 15 is 0 Å². The molecule has 7 heteroatoms. The van der Waals surface area contributed by atoms with Crippen LogP contribution in [0, 0.1) is 0 Å². The second-order valence-corrected chi connectivity index (χ2v) is 6.23. The average Bonchev–Trinajstić information content (AvgIpc) is 2.90. The Morgan fingerprint density at radius 2 is 2.05 bits per heavy atom. The minimum Gasteiger partial charge on any atom is -0.378 e. The van der Waals surface area contributed by atoms with Crippen LogP contribution < -0.4 is 5.32 Å². The van der Waals surface area contributed by atoms with E-state index in [0.717, 1.165) is 18.8 Å². The van der Waals surface area contributed by atoms with Crippen molar-refractivity contribution in [2.24, 2.45) is 4.99 Å². The Morgan fingerprint density at radius 1 is 1.32 bits per heavy atom. The van der Waals surface area contributed by atoms with E-state index in [0.29, 0.717) is 18.4 Å². The summed E-state index contributed by atoms with van der Waals surface area (Å²) < 4.78 is 5.29. The number of rotatable bonds is 3. The molecule has 1 atom stereocenters. The molecule has 6 nitrogen and oxygen atoms in total. The van der Waals surface area contributed by atoms with Crippen LogP contribution in [-0.4, -0.2) is 53.4 Å². The SMILES string of the molecule is O=C(CC1SC(N2CCOCC2)=NC1=O)Nc1ccccc1. The van der Waals surface area contributed by atoms with Crippen LogP contribution in [-0.2, 0) is 14.3 Å². The van der Waals surface area contributed by atoms with Gasteiger partial charge in [0, 0.05) is 25.2 Å². The second kappa shape index (κ2) is 6.93. The van der Waals surface area contributed by atoms with Gasteiger partial charge in [-0.25, -0.2) is 0 Å². The van der Waals surface area contributed by atoms with E-state index in [-0.39, 0.29) is 18.2 Å². The van der Waals surface area contributed by atoms with Crippen molar-refractivity contribution in [1.29, 1.82) is 0 Å². The van der Waals surface area contributed by atoms with Crippen LogP contribution in [0.2, 0.25) is 0 Å². The van der Waals surface area contributed by atoms with Crippen LogP contribution in [0.1, 0.15) is 6.42 Å². The number of carbonyl (C=O) groups is 2. The molecule has 0 bridgehead atoms. The molecule has 1 aromatic rings. The molecule has 0 radical (unpaired) electrons. The standard InChI is InChI=1S/C15H17N3O3S/c19-13(16-11-4-2-1-3-5-11)10-12-14(20)17-15(22-12)18-6-8-21-9-7-18/h1-5,12H,6-10H2,(H,16,19). The molecule has 1 fully saturated rings. The third kappa shape index (κ3) is 3.66. The monoisotopic (exact) mass is 319 g/mol. The Kier molecular flexibility index (Phi) is 4.74. The average molecular weight is 319 g/mol. The van der Waals surface area contributed by atoms with Crippen LogP contribution in [0.3, 0.4) is 0 Å². The molecule has 0 spiro atoms. The molecular weight excluding hydrogens is 302 g/mol. The number of carbonyl (C=O) groups excluding carboxylic acids is 2. The van der Waals surface area contributed by atoms with Gasteiger partial charge >= 0.3 is 0 Å². The van der Waals surface area contributed by atoms with Crippen molar-refractivity contribution in [3.8, 4) is 0 Å². The number of amidine groups is 1. The van der Waals surface area contributed by atoms with E-state index in [4.69, 9.17) is 4.74 Å². The number of para-hydroxylation sites is 1. The highest BCUT2D eigenvalue weighted by atomic mass is 32.2. The largest absolute Gasteiger partial charge is 0.378 e. The number of thioether (sulfide) groups is 1. The van der Waals surface area contributed by atoms with Gasteiger partial charge in [-0.3, -0.25) is 9.59 Å². The lowest BCUT2D eigenvalue weighted by atomic mass is 10.2. The number of morpholine rings is 1. The van der Waals surface area contributed by atoms with Gasteiger partial charge < -0.3 is 15.0 Å². The number of benzene rings is 1. The predicted molar refractivity (Wildman–Crippen MR) is 85.9 cm³/mol. The molecule has 2 aliphatic heterocycles. The van der Waals surface area contributed by atoms with Crippen LogP contribution in [0.5, 0.6) is 0 Å². The van der Waals surface area contributed by atoms with E-state index in [1.54, 1.807) is 0 Å². The van der Waals surface area contributed by atoms with Gasteiger partial charge in [0.05, 0.1) is 13.2 Å². The second-order valence-electron chi connectivity index (χ2n) is 5.06. The van der Waals surface area contributed by atoms with Crippen LogP contribution >= 0.6 is 11.8 Å². The molecule has 0 saturated carbocycles. The Hall–Kier alpha value is -1.86. The highest BCUT2D eigenvalue weighted by Crippen LogP contribution is 2.27. The van der Waals surface area contributed by atoms with E-state index in [2.05, 4.69) is 10.3 Å². The summed E-state index contributed by atoms with van der Waals surface area (Å²) in [6.07, 6.45) is 0.135. The van der Waals surface area contributed by atoms with Gasteiger partial charge in [0.2, 0.25) is 5.91 Å². The first kappa shape index (κ1) is 15.1. The third-order valence-electron chi connectivity index (χ3n) is 3.44. The van der Waals surface area contributed by atoms with Gasteiger partial charge in [0.25, 0.3) is 5.91 Å². The lowest BCUT2D eigenvalue weighted by Crippen LogP contribution is -2.39. The molecule has 22 heavy (non-hydrogen) atoms. The molecular formula is C15H17N3O3S. The van der Waals surface area contributed by atoms with Gasteiger partial charge in [0.15, 0.2) is 5.17 Å². The molecule has 1 N–H and O–H groups in total. The summed E-state index contributed by atoms with van der Waals surface area (Å²) in [6.45, 7) is 2.77. The summed E-state index contributed by atoms with van der Waals surface area (Å²) in [4.78, 5) is 30.1. The van der Waals surface area contributed by atoms with Gasteiger partial charge in [-0.15, -0.1) is 0 Å². The molecule has 3 rings (SSSR count). The Morgan fingerprint density at radius 3 is 2.77 bits per heavy atom. The molecule has 0 aromatic heterocycles. The number of nitrogens with zero attached hydrogens (tertiary/aromatic N) is 2. The first-order valence-corrected chi connectivity index (χ1v) is 8.07. The van der Waals surface area contributed by atoms with Crippen molar-refractivity contribution in [1.82, 2.24) is 4.90 Å². The Balaban J connectivity index is 1.53. The smallest absolute Gasteiger partial charge is 0.262 e. The maximum Gasteiger partial charge on any atom is 0.262 e. The number of hydrogen-bond acceptors (Lipinski definition) is 5. The lowest BCUT2D eigenvalue weighted by Gasteiger charge is -2.27.